The lowest BCUT2D eigenvalue weighted by atomic mass is 9.33. The zero-order valence-electron chi connectivity index (χ0n) is 22.3. The molecular formula is C35H20B2N2O3. The summed E-state index contributed by atoms with van der Waals surface area (Å²) in [6, 6.07) is 41.8. The number of rotatable bonds is 1. The van der Waals surface area contributed by atoms with E-state index in [0.29, 0.717) is 5.88 Å². The van der Waals surface area contributed by atoms with E-state index >= 15 is 0 Å². The minimum absolute atomic E-state index is 0.0489. The van der Waals surface area contributed by atoms with E-state index in [1.54, 1.807) is 0 Å². The maximum Gasteiger partial charge on any atom is 0.284 e. The van der Waals surface area contributed by atoms with Crippen LogP contribution in [0.15, 0.2) is 121 Å². The smallest absolute Gasteiger partial charge is 0.284 e. The quantitative estimate of drug-likeness (QED) is 0.293. The molecule has 10 rings (SSSR count). The first-order valence-electron chi connectivity index (χ1n) is 14.2. The summed E-state index contributed by atoms with van der Waals surface area (Å²) in [4.78, 5) is 7.59. The molecule has 42 heavy (non-hydrogen) atoms. The van der Waals surface area contributed by atoms with Gasteiger partial charge in [0.05, 0.1) is 5.59 Å². The largest absolute Gasteiger partial charge is 0.458 e. The number of para-hydroxylation sites is 3. The molecule has 5 nitrogen and oxygen atoms in total. The molecule has 0 saturated carbocycles. The highest BCUT2D eigenvalue weighted by Gasteiger charge is 2.46. The Bertz CT molecular complexity index is 2120. The van der Waals surface area contributed by atoms with Crippen LogP contribution in [-0.2, 0) is 0 Å². The first-order chi connectivity index (χ1) is 20.8. The highest BCUT2D eigenvalue weighted by molar-refractivity contribution is 7.00. The zero-order valence-corrected chi connectivity index (χ0v) is 22.3. The Balaban J connectivity index is 1.21. The summed E-state index contributed by atoms with van der Waals surface area (Å²) in [6.45, 7) is -0.161. The van der Waals surface area contributed by atoms with Gasteiger partial charge in [0.2, 0.25) is 5.88 Å². The molecule has 0 fully saturated rings. The molecule has 0 atom stereocenters. The van der Waals surface area contributed by atoms with E-state index in [0.717, 1.165) is 73.3 Å². The number of pyridine rings is 1. The molecule has 0 amide bonds. The Morgan fingerprint density at radius 3 is 1.98 bits per heavy atom. The van der Waals surface area contributed by atoms with Gasteiger partial charge in [-0.3, -0.25) is 0 Å². The van der Waals surface area contributed by atoms with Crippen molar-refractivity contribution in [3.8, 4) is 34.6 Å². The average molecular weight is 538 g/mol. The van der Waals surface area contributed by atoms with Crippen molar-refractivity contribution < 1.29 is 14.2 Å². The fraction of sp³-hybridized carbons (Fsp3) is 0. The Labute approximate surface area is 243 Å². The molecule has 1 aromatic heterocycles. The maximum atomic E-state index is 6.68. The Kier molecular flexibility index (Phi) is 4.29. The predicted molar refractivity (Wildman–Crippen MR) is 168 cm³/mol. The lowest BCUT2D eigenvalue weighted by Crippen LogP contribution is -2.62. The number of fused-ring (bicyclic) bond motifs is 8. The van der Waals surface area contributed by atoms with Crippen LogP contribution in [0.3, 0.4) is 0 Å². The molecule has 6 aromatic rings. The lowest BCUT2D eigenvalue weighted by molar-refractivity contribution is 0.452. The van der Waals surface area contributed by atoms with E-state index in [2.05, 4.69) is 95.9 Å². The van der Waals surface area contributed by atoms with Crippen LogP contribution in [0.5, 0.6) is 34.6 Å². The van der Waals surface area contributed by atoms with Gasteiger partial charge in [-0.15, -0.1) is 0 Å². The fourth-order valence-electron chi connectivity index (χ4n) is 7.17. The molecule has 0 unspecified atom stereocenters. The van der Waals surface area contributed by atoms with Gasteiger partial charge in [-0.2, -0.15) is 0 Å². The van der Waals surface area contributed by atoms with Gasteiger partial charge < -0.3 is 19.1 Å². The van der Waals surface area contributed by atoms with Gasteiger partial charge in [-0.1, -0.05) is 66.7 Å². The monoisotopic (exact) mass is 538 g/mol. The van der Waals surface area contributed by atoms with E-state index in [4.69, 9.17) is 19.2 Å². The highest BCUT2D eigenvalue weighted by atomic mass is 16.5. The molecule has 5 aromatic carbocycles. The van der Waals surface area contributed by atoms with Crippen LogP contribution in [0.2, 0.25) is 0 Å². The Morgan fingerprint density at radius 1 is 0.476 bits per heavy atom. The van der Waals surface area contributed by atoms with E-state index < -0.39 is 0 Å². The summed E-state index contributed by atoms with van der Waals surface area (Å²) in [5, 5.41) is 0. The van der Waals surface area contributed by atoms with Crippen LogP contribution in [0.25, 0.3) is 0 Å². The molecule has 0 bridgehead atoms. The minimum Gasteiger partial charge on any atom is -0.458 e. The van der Waals surface area contributed by atoms with E-state index in [-0.39, 0.29) is 13.4 Å². The molecule has 5 heterocycles. The molecule has 4 aliphatic heterocycles. The molecular weight excluding hydrogens is 518 g/mol. The summed E-state index contributed by atoms with van der Waals surface area (Å²) in [5.74, 6) is 4.67. The molecule has 194 valence electrons. The van der Waals surface area contributed by atoms with Crippen LogP contribution in [0.1, 0.15) is 0 Å². The molecule has 0 saturated heterocycles. The van der Waals surface area contributed by atoms with Crippen LogP contribution >= 0.6 is 0 Å². The third kappa shape index (κ3) is 2.87. The van der Waals surface area contributed by atoms with E-state index in [9.17, 15) is 0 Å². The average Bonchev–Trinajstić information content (AvgIpc) is 3.04. The normalized spacial score (nSPS) is 14.1. The summed E-state index contributed by atoms with van der Waals surface area (Å²) in [5.41, 5.74) is 9.67. The Morgan fingerprint density at radius 2 is 1.12 bits per heavy atom. The molecule has 4 aliphatic rings. The second-order valence-corrected chi connectivity index (χ2v) is 11.1. The van der Waals surface area contributed by atoms with Crippen molar-refractivity contribution in [2.24, 2.45) is 0 Å². The van der Waals surface area contributed by atoms with Crippen molar-refractivity contribution in [2.45, 2.75) is 0 Å². The third-order valence-electron chi connectivity index (χ3n) is 8.86. The fourth-order valence-corrected chi connectivity index (χ4v) is 7.17. The SMILES string of the molecule is c1ccc(N2c3ccccc3B3c4cc5c(nc4Oc4cccc2c43)B2c3ccccc3Oc3cccc(c32)O5)cc1. The van der Waals surface area contributed by atoms with Crippen molar-refractivity contribution in [3.63, 3.8) is 0 Å². The second kappa shape index (κ2) is 8.08. The molecule has 0 N–H and O–H groups in total. The number of hydrogen-bond donors (Lipinski definition) is 0. The first-order valence-corrected chi connectivity index (χ1v) is 14.2. The summed E-state index contributed by atoms with van der Waals surface area (Å²) >= 11 is 0. The van der Waals surface area contributed by atoms with Gasteiger partial charge >= 0.3 is 0 Å². The lowest BCUT2D eigenvalue weighted by Gasteiger charge is -2.40. The molecule has 7 heteroatoms. The van der Waals surface area contributed by atoms with E-state index in [1.165, 1.54) is 5.46 Å². The number of benzene rings is 5. The van der Waals surface area contributed by atoms with Gasteiger partial charge in [0.1, 0.15) is 28.7 Å². The van der Waals surface area contributed by atoms with Crippen LogP contribution in [0, 0.1) is 0 Å². The number of aromatic nitrogens is 1. The van der Waals surface area contributed by atoms with Crippen molar-refractivity contribution in [1.82, 2.24) is 4.98 Å². The third-order valence-corrected chi connectivity index (χ3v) is 8.86. The number of nitrogens with zero attached hydrogens (tertiary/aromatic N) is 2. The minimum atomic E-state index is -0.112. The molecule has 0 radical (unpaired) electrons. The number of ether oxygens (including phenoxy) is 3. The topological polar surface area (TPSA) is 43.8 Å². The van der Waals surface area contributed by atoms with Gasteiger partial charge in [0.25, 0.3) is 13.4 Å². The summed E-state index contributed by atoms with van der Waals surface area (Å²) < 4.78 is 19.6. The predicted octanol–water partition coefficient (Wildman–Crippen LogP) is 4.21. The molecule has 0 spiro atoms. The number of anilines is 3. The van der Waals surface area contributed by atoms with Gasteiger partial charge in [0.15, 0.2) is 0 Å². The van der Waals surface area contributed by atoms with Crippen molar-refractivity contribution in [1.29, 1.82) is 0 Å². The highest BCUT2D eigenvalue weighted by Crippen LogP contribution is 2.41. The van der Waals surface area contributed by atoms with Crippen LogP contribution in [-0.4, -0.2) is 18.4 Å². The maximum absolute atomic E-state index is 6.68. The summed E-state index contributed by atoms with van der Waals surface area (Å²) in [6.07, 6.45) is 0. The molecule has 0 aliphatic carbocycles. The van der Waals surface area contributed by atoms with Gasteiger partial charge in [0, 0.05) is 22.5 Å². The van der Waals surface area contributed by atoms with Crippen molar-refractivity contribution >= 4 is 63.4 Å². The first kappa shape index (κ1) is 22.3. The van der Waals surface area contributed by atoms with Crippen molar-refractivity contribution in [3.05, 3.63) is 121 Å². The number of hydrogen-bond acceptors (Lipinski definition) is 5. The van der Waals surface area contributed by atoms with Gasteiger partial charge in [-0.05, 0) is 76.4 Å². The van der Waals surface area contributed by atoms with E-state index in [1.807, 2.05) is 30.3 Å². The van der Waals surface area contributed by atoms with Gasteiger partial charge in [-0.25, -0.2) is 4.98 Å². The van der Waals surface area contributed by atoms with Crippen molar-refractivity contribution in [2.75, 3.05) is 4.90 Å². The zero-order chi connectivity index (χ0) is 27.4. The summed E-state index contributed by atoms with van der Waals surface area (Å²) in [7, 11) is 0. The van der Waals surface area contributed by atoms with Crippen LogP contribution < -0.4 is 52.0 Å². The van der Waals surface area contributed by atoms with Crippen LogP contribution in [0.4, 0.5) is 17.1 Å². The second-order valence-electron chi connectivity index (χ2n) is 11.1. The Hall–Kier alpha value is -5.42. The standard InChI is InChI=1S/C35H20B2N2O3/c1-2-10-21(11-3-1)39-25-14-6-4-12-22(25)36-24-20-31-34(38-35(24)42-28-17-8-15-26(39)32(28)36)37-23-13-5-7-16-27(23)40-29-18-9-19-30(41-31)33(29)37/h1-20H.